The van der Waals surface area contributed by atoms with Gasteiger partial charge in [-0.3, -0.25) is 19.3 Å². The molecule has 0 radical (unpaired) electrons. The van der Waals surface area contributed by atoms with Crippen LogP contribution >= 0.6 is 0 Å². The van der Waals surface area contributed by atoms with Crippen molar-refractivity contribution in [2.75, 3.05) is 13.7 Å². The zero-order valence-corrected chi connectivity index (χ0v) is 11.7. The van der Waals surface area contributed by atoms with Gasteiger partial charge in [-0.25, -0.2) is 0 Å². The van der Waals surface area contributed by atoms with Crippen molar-refractivity contribution < 1.29 is 19.1 Å². The van der Waals surface area contributed by atoms with Gasteiger partial charge in [0.2, 0.25) is 11.8 Å². The Bertz CT molecular complexity index is 311. The van der Waals surface area contributed by atoms with Crippen molar-refractivity contribution in [3.63, 3.8) is 0 Å². The van der Waals surface area contributed by atoms with Crippen LogP contribution in [0.25, 0.3) is 0 Å². The first-order valence-corrected chi connectivity index (χ1v) is 7.05. The standard InChI is InChI=1S/C14H23NO4/c1-19-14(18)8-6-4-2-3-5-7-11-15-12(16)9-10-13(15)17/h2-11H2,1H3. The molecule has 0 spiro atoms. The molecule has 0 bridgehead atoms. The molecule has 2 amide bonds. The third-order valence-corrected chi connectivity index (χ3v) is 3.40. The Morgan fingerprint density at radius 1 is 1.00 bits per heavy atom. The highest BCUT2D eigenvalue weighted by atomic mass is 16.5. The molecule has 0 atom stereocenters. The number of esters is 1. The van der Waals surface area contributed by atoms with Crippen molar-refractivity contribution in [1.82, 2.24) is 4.90 Å². The Morgan fingerprint density at radius 2 is 1.53 bits per heavy atom. The minimum atomic E-state index is -0.147. The van der Waals surface area contributed by atoms with Crippen LogP contribution in [-0.4, -0.2) is 36.3 Å². The fourth-order valence-electron chi connectivity index (χ4n) is 2.22. The van der Waals surface area contributed by atoms with Gasteiger partial charge in [-0.1, -0.05) is 25.7 Å². The Labute approximate surface area is 114 Å². The van der Waals surface area contributed by atoms with Crippen LogP contribution in [0.1, 0.15) is 57.8 Å². The maximum absolute atomic E-state index is 11.3. The molecule has 5 heteroatoms. The van der Waals surface area contributed by atoms with E-state index in [-0.39, 0.29) is 17.8 Å². The molecular weight excluding hydrogens is 246 g/mol. The number of carbonyl (C=O) groups is 3. The molecule has 19 heavy (non-hydrogen) atoms. The maximum atomic E-state index is 11.3. The fourth-order valence-corrected chi connectivity index (χ4v) is 2.22. The summed E-state index contributed by atoms with van der Waals surface area (Å²) < 4.78 is 4.56. The lowest BCUT2D eigenvalue weighted by atomic mass is 10.1. The average molecular weight is 269 g/mol. The van der Waals surface area contributed by atoms with Gasteiger partial charge in [0.25, 0.3) is 0 Å². The van der Waals surface area contributed by atoms with Gasteiger partial charge in [0.1, 0.15) is 0 Å². The number of hydrogen-bond acceptors (Lipinski definition) is 4. The monoisotopic (exact) mass is 269 g/mol. The van der Waals surface area contributed by atoms with Gasteiger partial charge >= 0.3 is 5.97 Å². The Hall–Kier alpha value is -1.39. The Morgan fingerprint density at radius 3 is 2.11 bits per heavy atom. The molecule has 0 aliphatic carbocycles. The van der Waals surface area contributed by atoms with E-state index < -0.39 is 0 Å². The van der Waals surface area contributed by atoms with Gasteiger partial charge in [0.15, 0.2) is 0 Å². The van der Waals surface area contributed by atoms with Gasteiger partial charge in [-0.2, -0.15) is 0 Å². The summed E-state index contributed by atoms with van der Waals surface area (Å²) in [5.41, 5.74) is 0. The van der Waals surface area contributed by atoms with Gasteiger partial charge < -0.3 is 4.74 Å². The van der Waals surface area contributed by atoms with E-state index in [9.17, 15) is 14.4 Å². The molecule has 1 rings (SSSR count). The van der Waals surface area contributed by atoms with E-state index in [2.05, 4.69) is 4.74 Å². The molecule has 108 valence electrons. The van der Waals surface area contributed by atoms with Crippen molar-refractivity contribution in [2.45, 2.75) is 57.8 Å². The highest BCUT2D eigenvalue weighted by Crippen LogP contribution is 2.14. The highest BCUT2D eigenvalue weighted by Gasteiger charge is 2.27. The second-order valence-electron chi connectivity index (χ2n) is 4.89. The number of carbonyl (C=O) groups excluding carboxylic acids is 3. The summed E-state index contributed by atoms with van der Waals surface area (Å²) in [7, 11) is 1.41. The number of unbranched alkanes of at least 4 members (excludes halogenated alkanes) is 5. The molecule has 0 aromatic heterocycles. The Balaban J connectivity index is 1.93. The van der Waals surface area contributed by atoms with Crippen molar-refractivity contribution in [1.29, 1.82) is 0 Å². The largest absolute Gasteiger partial charge is 0.469 e. The van der Waals surface area contributed by atoms with E-state index in [0.29, 0.717) is 25.8 Å². The molecule has 0 saturated carbocycles. The first-order valence-electron chi connectivity index (χ1n) is 7.05. The number of likely N-dealkylation sites (tertiary alicyclic amines) is 1. The van der Waals surface area contributed by atoms with Crippen LogP contribution in [0.15, 0.2) is 0 Å². The zero-order chi connectivity index (χ0) is 14.1. The zero-order valence-electron chi connectivity index (χ0n) is 11.7. The van der Waals surface area contributed by atoms with E-state index in [1.54, 1.807) is 0 Å². The molecule has 1 heterocycles. The number of amides is 2. The normalized spacial score (nSPS) is 15.1. The second kappa shape index (κ2) is 8.67. The summed E-state index contributed by atoms with van der Waals surface area (Å²) in [6.45, 7) is 0.569. The van der Waals surface area contributed by atoms with Gasteiger partial charge in [-0.05, 0) is 12.8 Å². The first-order chi connectivity index (χ1) is 9.15. The SMILES string of the molecule is COC(=O)CCCCCCCCN1C(=O)CCC1=O. The third kappa shape index (κ3) is 5.85. The van der Waals surface area contributed by atoms with Crippen molar-refractivity contribution in [2.24, 2.45) is 0 Å². The molecule has 1 fully saturated rings. The van der Waals surface area contributed by atoms with E-state index in [0.717, 1.165) is 38.5 Å². The smallest absolute Gasteiger partial charge is 0.305 e. The molecule has 0 unspecified atom stereocenters. The lowest BCUT2D eigenvalue weighted by molar-refractivity contribution is -0.141. The number of hydrogen-bond donors (Lipinski definition) is 0. The van der Waals surface area contributed by atoms with Crippen molar-refractivity contribution in [3.05, 3.63) is 0 Å². The summed E-state index contributed by atoms with van der Waals surface area (Å²) in [6, 6.07) is 0. The quantitative estimate of drug-likeness (QED) is 0.365. The maximum Gasteiger partial charge on any atom is 0.305 e. The number of methoxy groups -OCH3 is 1. The summed E-state index contributed by atoms with van der Waals surface area (Å²) >= 11 is 0. The third-order valence-electron chi connectivity index (χ3n) is 3.40. The number of nitrogens with zero attached hydrogens (tertiary/aromatic N) is 1. The van der Waals surface area contributed by atoms with Crippen LogP contribution in [-0.2, 0) is 19.1 Å². The molecule has 1 saturated heterocycles. The molecular formula is C14H23NO4. The molecule has 1 aliphatic rings. The molecule has 1 aliphatic heterocycles. The van der Waals surface area contributed by atoms with Crippen LogP contribution in [0.5, 0.6) is 0 Å². The van der Waals surface area contributed by atoms with Crippen molar-refractivity contribution in [3.8, 4) is 0 Å². The van der Waals surface area contributed by atoms with Crippen molar-refractivity contribution >= 4 is 17.8 Å². The van der Waals surface area contributed by atoms with Crippen LogP contribution < -0.4 is 0 Å². The highest BCUT2D eigenvalue weighted by molar-refractivity contribution is 6.01. The summed E-state index contributed by atoms with van der Waals surface area (Å²) in [5.74, 6) is -0.197. The Kier molecular flexibility index (Phi) is 7.15. The minimum Gasteiger partial charge on any atom is -0.469 e. The number of ether oxygens (including phenoxy) is 1. The topological polar surface area (TPSA) is 63.7 Å². The first kappa shape index (κ1) is 15.7. The van der Waals surface area contributed by atoms with E-state index in [4.69, 9.17) is 0 Å². The van der Waals surface area contributed by atoms with E-state index in [1.165, 1.54) is 12.0 Å². The summed E-state index contributed by atoms with van der Waals surface area (Å²) in [6.07, 6.45) is 7.22. The minimum absolute atomic E-state index is 0.0249. The number of imide groups is 1. The predicted molar refractivity (Wildman–Crippen MR) is 70.3 cm³/mol. The fraction of sp³-hybridized carbons (Fsp3) is 0.786. The van der Waals surface area contributed by atoms with Crippen LogP contribution in [0.3, 0.4) is 0 Å². The van der Waals surface area contributed by atoms with Crippen LogP contribution in [0.4, 0.5) is 0 Å². The molecule has 0 aromatic carbocycles. The van der Waals surface area contributed by atoms with Gasteiger partial charge in [0.05, 0.1) is 7.11 Å². The summed E-state index contributed by atoms with van der Waals surface area (Å²) in [4.78, 5) is 34.9. The van der Waals surface area contributed by atoms with Crippen LogP contribution in [0.2, 0.25) is 0 Å². The summed E-state index contributed by atoms with van der Waals surface area (Å²) in [5, 5.41) is 0. The van der Waals surface area contributed by atoms with E-state index in [1.807, 2.05) is 0 Å². The molecule has 5 nitrogen and oxygen atoms in total. The predicted octanol–water partition coefficient (Wildman–Crippen LogP) is 2.04. The molecule has 0 N–H and O–H groups in total. The molecule has 0 aromatic rings. The lowest BCUT2D eigenvalue weighted by Gasteiger charge is -2.12. The van der Waals surface area contributed by atoms with Crippen LogP contribution in [0, 0.1) is 0 Å². The number of rotatable bonds is 9. The second-order valence-corrected chi connectivity index (χ2v) is 4.89. The van der Waals surface area contributed by atoms with Gasteiger partial charge in [-0.15, -0.1) is 0 Å². The van der Waals surface area contributed by atoms with Gasteiger partial charge in [0, 0.05) is 25.8 Å². The van der Waals surface area contributed by atoms with E-state index >= 15 is 0 Å². The average Bonchev–Trinajstić information content (AvgIpc) is 2.72. The lowest BCUT2D eigenvalue weighted by Crippen LogP contribution is -2.29.